The van der Waals surface area contributed by atoms with Crippen LogP contribution in [0.3, 0.4) is 0 Å². The van der Waals surface area contributed by atoms with Gasteiger partial charge < -0.3 is 56.7 Å². The summed E-state index contributed by atoms with van der Waals surface area (Å²) >= 11 is 2.20. The number of benzene rings is 5. The Bertz CT molecular complexity index is 4270. The van der Waals surface area contributed by atoms with E-state index in [0.29, 0.717) is 91.9 Å². The fraction of sp³-hybridized carbons (Fsp3) is 0.405. The van der Waals surface area contributed by atoms with Crippen molar-refractivity contribution in [3.8, 4) is 34.5 Å². The Morgan fingerprint density at radius 1 is 0.683 bits per heavy atom. The number of carbonyl (C=O) groups is 6. The summed E-state index contributed by atoms with van der Waals surface area (Å²) in [6, 6.07) is 32.4. The van der Waals surface area contributed by atoms with Crippen molar-refractivity contribution in [1.82, 2.24) is 19.7 Å². The molecule has 0 bridgehead atoms. The number of aryl methyl sites for hydroxylation is 1. The summed E-state index contributed by atoms with van der Waals surface area (Å²) in [4.78, 5) is 112. The van der Waals surface area contributed by atoms with Gasteiger partial charge >= 0.3 is 24.0 Å². The van der Waals surface area contributed by atoms with Crippen molar-refractivity contribution < 1.29 is 85.5 Å². The number of amides is 2. The van der Waals surface area contributed by atoms with Gasteiger partial charge in [-0.2, -0.15) is 5.10 Å². The molecular formula is C74H84N7O18S2+. The molecule has 2 aromatic heterocycles. The van der Waals surface area contributed by atoms with Crippen molar-refractivity contribution in [1.29, 1.82) is 0 Å². The first-order chi connectivity index (χ1) is 48.3. The van der Waals surface area contributed by atoms with Crippen LogP contribution in [0.2, 0.25) is 0 Å². The zero-order chi connectivity index (χ0) is 72.2. The Morgan fingerprint density at radius 2 is 1.21 bits per heavy atom. The van der Waals surface area contributed by atoms with Crippen LogP contribution in [0.15, 0.2) is 137 Å². The molecule has 7 aromatic rings. The van der Waals surface area contributed by atoms with E-state index in [1.807, 2.05) is 55.5 Å². The standard InChI is InChI=1S/C74H83N7O18S2/c1-12-79-57-35-60(94-41-46-17-25-51(90-9)26-18-46)59(93-40-45-15-23-50(89-8)24-16-45)34-54(57)66(84)56(77-79)39-81(31-13-14-32-81)38-49-44-100-68-55(67(85)80(68)65(49)70(87)96-43-48-21-29-53(92-11)30-22-48)33-58(82)64(62-37-75-71(101-62)76-72(88)98-74(5,6)7)78-99-61(69(86)97-73(2,3)4)36-63(83)95-42-47-19-27-52(91-10)28-20-47/h15-30,34-35,37,55,61,68H,12-14,31-33,36,38-44H2,1-11H3/p+1/t55-,61-,68-/m1/s1. The summed E-state index contributed by atoms with van der Waals surface area (Å²) in [6.07, 6.45) is -0.861. The van der Waals surface area contributed by atoms with Gasteiger partial charge in [0.1, 0.15) is 79.4 Å². The monoisotopic (exact) mass is 1420 g/mol. The lowest BCUT2D eigenvalue weighted by Gasteiger charge is -2.50. The Balaban J connectivity index is 0.954. The second-order valence-electron chi connectivity index (χ2n) is 26.5. The van der Waals surface area contributed by atoms with Crippen molar-refractivity contribution in [2.45, 2.75) is 136 Å². The van der Waals surface area contributed by atoms with Crippen LogP contribution in [-0.2, 0) is 87.3 Å². The first-order valence-electron chi connectivity index (χ1n) is 33.0. The molecule has 0 aliphatic carbocycles. The van der Waals surface area contributed by atoms with Crippen LogP contribution >= 0.6 is 23.1 Å². The van der Waals surface area contributed by atoms with Gasteiger partial charge in [0.15, 0.2) is 33.8 Å². The number of ketones is 1. The van der Waals surface area contributed by atoms with Gasteiger partial charge in [0.05, 0.1) is 75.0 Å². The Morgan fingerprint density at radius 3 is 1.73 bits per heavy atom. The average Bonchev–Trinajstić information content (AvgIpc) is 1.33. The number of β-lactam (4-membered cyclic amide) rings is 1. The molecule has 5 aromatic carbocycles. The number of ether oxygens (including phenoxy) is 10. The smallest absolute Gasteiger partial charge is 0.413 e. The summed E-state index contributed by atoms with van der Waals surface area (Å²) in [6.45, 7) is 14.0. The van der Waals surface area contributed by atoms with E-state index in [2.05, 4.69) is 15.5 Å². The molecule has 27 heteroatoms. The molecule has 5 heterocycles. The second-order valence-corrected chi connectivity index (χ2v) is 28.6. The van der Waals surface area contributed by atoms with E-state index in [1.165, 1.54) is 30.0 Å². The van der Waals surface area contributed by atoms with Crippen LogP contribution in [-0.4, -0.2) is 142 Å². The van der Waals surface area contributed by atoms with Gasteiger partial charge in [-0.05, 0) is 125 Å². The molecule has 534 valence electrons. The minimum absolute atomic E-state index is 0.0113. The normalized spacial score (nSPS) is 16.1. The first kappa shape index (κ1) is 73.7. The molecule has 1 N–H and O–H groups in total. The Kier molecular flexibility index (Phi) is 23.8. The second kappa shape index (κ2) is 32.6. The highest BCUT2D eigenvalue weighted by Crippen LogP contribution is 2.47. The van der Waals surface area contributed by atoms with Gasteiger partial charge in [-0.25, -0.2) is 19.4 Å². The molecule has 2 saturated heterocycles. The topological polar surface area (TPSA) is 279 Å². The quantitative estimate of drug-likeness (QED) is 0.0109. The number of methoxy groups -OCH3 is 4. The lowest BCUT2D eigenvalue weighted by Crippen LogP contribution is -2.63. The van der Waals surface area contributed by atoms with Gasteiger partial charge in [-0.1, -0.05) is 65.0 Å². The van der Waals surface area contributed by atoms with E-state index in [9.17, 15) is 19.2 Å². The molecule has 0 saturated carbocycles. The van der Waals surface area contributed by atoms with E-state index in [0.717, 1.165) is 35.3 Å². The molecule has 3 aliphatic heterocycles. The summed E-state index contributed by atoms with van der Waals surface area (Å²) in [7, 11) is 6.27. The molecule has 0 unspecified atom stereocenters. The van der Waals surface area contributed by atoms with Crippen molar-refractivity contribution in [2.75, 3.05) is 59.1 Å². The largest absolute Gasteiger partial charge is 0.497 e. The highest BCUT2D eigenvalue weighted by atomic mass is 32.2. The molecule has 2 amide bonds. The van der Waals surface area contributed by atoms with Crippen LogP contribution in [0.4, 0.5) is 9.93 Å². The lowest BCUT2D eigenvalue weighted by molar-refractivity contribution is -0.925. The fourth-order valence-electron chi connectivity index (χ4n) is 11.8. The van der Waals surface area contributed by atoms with E-state index in [4.69, 9.17) is 57.3 Å². The van der Waals surface area contributed by atoms with Crippen LogP contribution in [0, 0.1) is 5.92 Å². The zero-order valence-electron chi connectivity index (χ0n) is 58.4. The summed E-state index contributed by atoms with van der Waals surface area (Å²) in [5.74, 6) is -1.35. The molecule has 25 nitrogen and oxygen atoms in total. The predicted octanol–water partition coefficient (Wildman–Crippen LogP) is 11.3. The van der Waals surface area contributed by atoms with Crippen LogP contribution in [0.25, 0.3) is 10.9 Å². The van der Waals surface area contributed by atoms with Crippen LogP contribution < -0.4 is 39.2 Å². The van der Waals surface area contributed by atoms with E-state index in [-0.39, 0.29) is 66.4 Å². The number of thioether (sulfide) groups is 1. The molecule has 3 aliphatic rings. The van der Waals surface area contributed by atoms with Crippen LogP contribution in [0.5, 0.6) is 34.5 Å². The van der Waals surface area contributed by atoms with Crippen molar-refractivity contribution >= 4 is 80.5 Å². The molecule has 0 radical (unpaired) electrons. The van der Waals surface area contributed by atoms with Crippen molar-refractivity contribution in [3.05, 3.63) is 170 Å². The average molecular weight is 1420 g/mol. The highest BCUT2D eigenvalue weighted by molar-refractivity contribution is 8.00. The number of aromatic nitrogens is 3. The number of Topliss-reactive ketones (excluding diaryl/α,β-unsaturated/α-hetero) is 1. The number of fused-ring (bicyclic) bond motifs is 2. The summed E-state index contributed by atoms with van der Waals surface area (Å²) in [5, 5.41) is 11.5. The van der Waals surface area contributed by atoms with Crippen LogP contribution in [0.1, 0.15) is 107 Å². The maximum absolute atomic E-state index is 15.2. The van der Waals surface area contributed by atoms with Gasteiger partial charge in [0.2, 0.25) is 17.4 Å². The summed E-state index contributed by atoms with van der Waals surface area (Å²) < 4.78 is 59.2. The number of rotatable bonds is 30. The highest BCUT2D eigenvalue weighted by Gasteiger charge is 2.55. The molecule has 2 fully saturated rings. The number of hydrogen-bond acceptors (Lipinski definition) is 23. The summed E-state index contributed by atoms with van der Waals surface area (Å²) in [5.41, 5.74) is 1.90. The number of oxime groups is 1. The number of esters is 3. The molecule has 0 spiro atoms. The number of carbonyl (C=O) groups excluding carboxylic acids is 6. The van der Waals surface area contributed by atoms with Gasteiger partial charge in [0.25, 0.3) is 0 Å². The minimum Gasteiger partial charge on any atom is -0.497 e. The fourth-order valence-corrected chi connectivity index (χ4v) is 14.0. The van der Waals surface area contributed by atoms with E-state index >= 15 is 14.4 Å². The number of anilines is 1. The van der Waals surface area contributed by atoms with Gasteiger partial charge in [-0.3, -0.25) is 34.1 Å². The molecular weight excluding hydrogens is 1340 g/mol. The van der Waals surface area contributed by atoms with Crippen molar-refractivity contribution in [2.24, 2.45) is 11.1 Å². The molecule has 101 heavy (non-hydrogen) atoms. The maximum atomic E-state index is 15.2. The Labute approximate surface area is 593 Å². The third kappa shape index (κ3) is 18.9. The predicted molar refractivity (Wildman–Crippen MR) is 377 cm³/mol. The van der Waals surface area contributed by atoms with Gasteiger partial charge in [0, 0.05) is 49.4 Å². The van der Waals surface area contributed by atoms with Crippen molar-refractivity contribution in [3.63, 3.8) is 0 Å². The Hall–Kier alpha value is -9.99. The van der Waals surface area contributed by atoms with E-state index < -0.39 is 82.8 Å². The van der Waals surface area contributed by atoms with E-state index in [1.54, 1.807) is 128 Å². The number of quaternary nitrogens is 1. The molecule has 10 rings (SSSR count). The zero-order valence-corrected chi connectivity index (χ0v) is 60.1. The third-order valence-corrected chi connectivity index (χ3v) is 19.1. The maximum Gasteiger partial charge on any atom is 0.413 e. The SMILES string of the molecule is CCn1nc(C[N+]2(CC3=C(C(=O)OCc4ccc(OC)cc4)N4C(=O)[C@@H](CC(=O)/C(=N/O[C@H](CC(=O)OCc5ccc(OC)cc5)C(=O)OC(C)(C)C)c5cnc(NC(=O)OC(C)(C)C)s5)[C@H]4SC3)CCCC2)c(=O)c2cc(OCc3ccc(OC)cc3)c(OCc3ccc(OC)cc3)cc21. The first-order valence-corrected chi connectivity index (χ1v) is 34.9. The minimum atomic E-state index is -1.74. The number of likely N-dealkylation sites (tertiary alicyclic amines) is 1. The third-order valence-electron chi connectivity index (χ3n) is 16.8. The number of nitrogens with zero attached hydrogens (tertiary/aromatic N) is 6. The number of nitrogens with one attached hydrogen (secondary N) is 1. The number of thiazole rings is 1. The number of hydrogen-bond donors (Lipinski definition) is 1. The molecule has 3 atom stereocenters. The lowest BCUT2D eigenvalue weighted by atomic mass is 9.89. The van der Waals surface area contributed by atoms with Gasteiger partial charge in [-0.15, -0.1) is 11.8 Å².